The Morgan fingerprint density at radius 3 is 2.08 bits per heavy atom. The predicted octanol–water partition coefficient (Wildman–Crippen LogP) is -1.37. The van der Waals surface area contributed by atoms with Crippen molar-refractivity contribution < 1.29 is 14.4 Å². The molecule has 2 saturated heterocycles. The maximum atomic E-state index is 11.1. The van der Waals surface area contributed by atoms with Crippen molar-refractivity contribution in [2.45, 2.75) is 18.9 Å². The van der Waals surface area contributed by atoms with Crippen LogP contribution in [0.25, 0.3) is 0 Å². The van der Waals surface area contributed by atoms with E-state index in [0.29, 0.717) is 6.54 Å². The number of likely N-dealkylation sites (tertiary alicyclic amines) is 1. The molecule has 0 aromatic heterocycles. The topological polar surface area (TPSA) is 66.5 Å². The van der Waals surface area contributed by atoms with E-state index in [-0.39, 0.29) is 30.6 Å². The molecule has 0 aromatic carbocycles. The molecule has 0 aliphatic carbocycles. The highest BCUT2D eigenvalue weighted by Crippen LogP contribution is 2.17. The normalized spacial score (nSPS) is 28.8. The molecule has 0 unspecified atom stereocenters. The molecule has 1 N–H and O–H groups in total. The molecule has 2 aliphatic rings. The van der Waals surface area contributed by atoms with Crippen molar-refractivity contribution >= 4 is 17.7 Å². The maximum absolute atomic E-state index is 11.1. The fourth-order valence-corrected chi connectivity index (χ4v) is 1.43. The highest BCUT2D eigenvalue weighted by Gasteiger charge is 2.42. The first kappa shape index (κ1) is 7.27. The van der Waals surface area contributed by atoms with E-state index in [1.165, 1.54) is 0 Å². The molecule has 5 heteroatoms. The number of imide groups is 1. The Labute approximate surface area is 68.7 Å². The summed E-state index contributed by atoms with van der Waals surface area (Å²) in [6.45, 7) is 0.413. The van der Waals surface area contributed by atoms with Crippen LogP contribution < -0.4 is 5.32 Å². The van der Waals surface area contributed by atoms with Gasteiger partial charge in [0, 0.05) is 19.4 Å². The lowest BCUT2D eigenvalue weighted by Crippen LogP contribution is -2.63. The monoisotopic (exact) mass is 168 g/mol. The molecule has 64 valence electrons. The van der Waals surface area contributed by atoms with Crippen molar-refractivity contribution in [3.05, 3.63) is 0 Å². The van der Waals surface area contributed by atoms with Gasteiger partial charge in [0.15, 0.2) is 0 Å². The minimum atomic E-state index is -0.521. The van der Waals surface area contributed by atoms with Crippen molar-refractivity contribution in [3.8, 4) is 0 Å². The molecule has 1 atom stereocenters. The number of hydrogen-bond acceptors (Lipinski definition) is 3. The molecule has 2 aliphatic heterocycles. The molecule has 5 nitrogen and oxygen atoms in total. The summed E-state index contributed by atoms with van der Waals surface area (Å²) in [4.78, 5) is 34.1. The highest BCUT2D eigenvalue weighted by atomic mass is 16.2. The first-order chi connectivity index (χ1) is 5.70. The van der Waals surface area contributed by atoms with Crippen LogP contribution in [-0.4, -0.2) is 35.2 Å². The highest BCUT2D eigenvalue weighted by molar-refractivity contribution is 6.07. The van der Waals surface area contributed by atoms with Gasteiger partial charge in [0.2, 0.25) is 17.7 Å². The van der Waals surface area contributed by atoms with E-state index < -0.39 is 6.04 Å². The van der Waals surface area contributed by atoms with Crippen LogP contribution in [0.1, 0.15) is 12.8 Å². The van der Waals surface area contributed by atoms with E-state index in [0.717, 1.165) is 4.90 Å². The third kappa shape index (κ3) is 0.823. The first-order valence-corrected chi connectivity index (χ1v) is 3.83. The molecule has 2 fully saturated rings. The van der Waals surface area contributed by atoms with E-state index in [4.69, 9.17) is 0 Å². The molecule has 0 radical (unpaired) electrons. The number of carbonyl (C=O) groups is 3. The van der Waals surface area contributed by atoms with Crippen LogP contribution in [0.4, 0.5) is 0 Å². The van der Waals surface area contributed by atoms with Crippen LogP contribution in [0.15, 0.2) is 0 Å². The van der Waals surface area contributed by atoms with Gasteiger partial charge in [-0.25, -0.2) is 0 Å². The fourth-order valence-electron chi connectivity index (χ4n) is 1.43. The van der Waals surface area contributed by atoms with Crippen molar-refractivity contribution in [3.63, 3.8) is 0 Å². The minimum Gasteiger partial charge on any atom is -0.352 e. The second kappa shape index (κ2) is 2.30. The second-order valence-electron chi connectivity index (χ2n) is 2.92. The quantitative estimate of drug-likeness (QED) is 0.388. The van der Waals surface area contributed by atoms with Gasteiger partial charge in [-0.05, 0) is 0 Å². The van der Waals surface area contributed by atoms with Crippen molar-refractivity contribution in [1.29, 1.82) is 0 Å². The van der Waals surface area contributed by atoms with E-state index in [1.807, 2.05) is 0 Å². The number of nitrogens with zero attached hydrogens (tertiary/aromatic N) is 1. The average Bonchev–Trinajstić information content (AvgIpc) is 2.33. The van der Waals surface area contributed by atoms with E-state index in [1.54, 1.807) is 0 Å². The second-order valence-corrected chi connectivity index (χ2v) is 2.92. The van der Waals surface area contributed by atoms with Gasteiger partial charge >= 0.3 is 0 Å². The van der Waals surface area contributed by atoms with Crippen LogP contribution in [0.2, 0.25) is 0 Å². The standard InChI is InChI=1S/C7H8N2O3/c10-5-1-2-6(11)9(5)4-3-8-7(4)12/h4H,1-3H2,(H,8,12)/t4-/m0/s1. The summed E-state index contributed by atoms with van der Waals surface area (Å²) in [6.07, 6.45) is 0.505. The summed E-state index contributed by atoms with van der Waals surface area (Å²) in [5.41, 5.74) is 0. The molecule has 2 rings (SSSR count). The van der Waals surface area contributed by atoms with Gasteiger partial charge in [-0.2, -0.15) is 0 Å². The number of hydrogen-bond donors (Lipinski definition) is 1. The van der Waals surface area contributed by atoms with E-state index >= 15 is 0 Å². The Hall–Kier alpha value is -1.39. The largest absolute Gasteiger partial charge is 0.352 e. The zero-order valence-corrected chi connectivity index (χ0v) is 6.37. The molecule has 0 bridgehead atoms. The smallest absolute Gasteiger partial charge is 0.245 e. The summed E-state index contributed by atoms with van der Waals surface area (Å²) in [5, 5.41) is 2.49. The number of amides is 3. The predicted molar refractivity (Wildman–Crippen MR) is 37.9 cm³/mol. The van der Waals surface area contributed by atoms with Gasteiger partial charge in [0.1, 0.15) is 6.04 Å². The van der Waals surface area contributed by atoms with Crippen LogP contribution in [-0.2, 0) is 14.4 Å². The van der Waals surface area contributed by atoms with Crippen LogP contribution in [0.3, 0.4) is 0 Å². The summed E-state index contributed by atoms with van der Waals surface area (Å²) in [5.74, 6) is -0.668. The summed E-state index contributed by atoms with van der Waals surface area (Å²) in [7, 11) is 0. The Kier molecular flexibility index (Phi) is 1.39. The Morgan fingerprint density at radius 1 is 1.17 bits per heavy atom. The maximum Gasteiger partial charge on any atom is 0.245 e. The molecule has 0 aromatic rings. The Balaban J connectivity index is 2.16. The van der Waals surface area contributed by atoms with Gasteiger partial charge in [0.05, 0.1) is 0 Å². The van der Waals surface area contributed by atoms with Crippen LogP contribution in [0, 0.1) is 0 Å². The summed E-state index contributed by atoms with van der Waals surface area (Å²) >= 11 is 0. The lowest BCUT2D eigenvalue weighted by atomic mass is 10.1. The van der Waals surface area contributed by atoms with Crippen LogP contribution >= 0.6 is 0 Å². The van der Waals surface area contributed by atoms with Gasteiger partial charge < -0.3 is 5.32 Å². The number of nitrogens with one attached hydrogen (secondary N) is 1. The van der Waals surface area contributed by atoms with Gasteiger partial charge in [0.25, 0.3) is 0 Å². The lowest BCUT2D eigenvalue weighted by Gasteiger charge is -2.32. The summed E-state index contributed by atoms with van der Waals surface area (Å²) < 4.78 is 0. The van der Waals surface area contributed by atoms with Crippen LogP contribution in [0.5, 0.6) is 0 Å². The zero-order valence-electron chi connectivity index (χ0n) is 6.37. The Bertz CT molecular complexity index is 258. The van der Waals surface area contributed by atoms with Gasteiger partial charge in [-0.1, -0.05) is 0 Å². The molecular weight excluding hydrogens is 160 g/mol. The van der Waals surface area contributed by atoms with E-state index in [9.17, 15) is 14.4 Å². The van der Waals surface area contributed by atoms with Gasteiger partial charge in [-0.15, -0.1) is 0 Å². The average molecular weight is 168 g/mol. The molecule has 0 spiro atoms. The molecular formula is C7H8N2O3. The van der Waals surface area contributed by atoms with Crippen molar-refractivity contribution in [1.82, 2.24) is 10.2 Å². The summed E-state index contributed by atoms with van der Waals surface area (Å²) in [6, 6.07) is -0.521. The minimum absolute atomic E-state index is 0.222. The third-order valence-corrected chi connectivity index (χ3v) is 2.17. The lowest BCUT2D eigenvalue weighted by molar-refractivity contribution is -0.150. The molecule has 3 amide bonds. The number of rotatable bonds is 1. The number of β-lactam (4-membered cyclic amide) rings is 1. The van der Waals surface area contributed by atoms with Crippen molar-refractivity contribution in [2.24, 2.45) is 0 Å². The van der Waals surface area contributed by atoms with Crippen molar-refractivity contribution in [2.75, 3.05) is 6.54 Å². The third-order valence-electron chi connectivity index (χ3n) is 2.17. The SMILES string of the molecule is O=C1NC[C@@H]1N1C(=O)CCC1=O. The Morgan fingerprint density at radius 2 is 1.75 bits per heavy atom. The number of carbonyl (C=O) groups excluding carboxylic acids is 3. The van der Waals surface area contributed by atoms with Gasteiger partial charge in [-0.3, -0.25) is 19.3 Å². The zero-order chi connectivity index (χ0) is 8.72. The first-order valence-electron chi connectivity index (χ1n) is 3.83. The molecule has 12 heavy (non-hydrogen) atoms. The fraction of sp³-hybridized carbons (Fsp3) is 0.571. The molecule has 2 heterocycles. The van der Waals surface area contributed by atoms with E-state index in [2.05, 4.69) is 5.32 Å². The molecule has 0 saturated carbocycles.